The van der Waals surface area contributed by atoms with E-state index >= 15 is 0 Å². The number of morpholine rings is 1. The van der Waals surface area contributed by atoms with Gasteiger partial charge in [0.05, 0.1) is 27.4 Å². The van der Waals surface area contributed by atoms with E-state index < -0.39 is 0 Å². The van der Waals surface area contributed by atoms with Crippen molar-refractivity contribution >= 4 is 5.91 Å². The van der Waals surface area contributed by atoms with Crippen LogP contribution in [0.5, 0.6) is 11.5 Å². The minimum atomic E-state index is -0.0192. The molecular formula is C16H24N2O4. The molecule has 1 amide bonds. The minimum absolute atomic E-state index is 0.0192. The van der Waals surface area contributed by atoms with Gasteiger partial charge in [-0.1, -0.05) is 0 Å². The highest BCUT2D eigenvalue weighted by atomic mass is 16.5. The smallest absolute Gasteiger partial charge is 0.253 e. The number of carbonyl (C=O) groups excluding carboxylic acids is 1. The molecule has 0 radical (unpaired) electrons. The lowest BCUT2D eigenvalue weighted by Gasteiger charge is -2.28. The highest BCUT2D eigenvalue weighted by Gasteiger charge is 2.16. The first-order chi connectivity index (χ1) is 10.7. The number of nitrogens with zero attached hydrogens (tertiary/aromatic N) is 2. The molecule has 1 aliphatic rings. The average Bonchev–Trinajstić information content (AvgIpc) is 2.59. The van der Waals surface area contributed by atoms with Crippen LogP contribution in [0.15, 0.2) is 18.2 Å². The minimum Gasteiger partial charge on any atom is -0.493 e. The highest BCUT2D eigenvalue weighted by Crippen LogP contribution is 2.27. The van der Waals surface area contributed by atoms with Crippen LogP contribution in [-0.2, 0) is 4.74 Å². The number of hydrogen-bond acceptors (Lipinski definition) is 5. The molecule has 122 valence electrons. The molecule has 6 heteroatoms. The maximum Gasteiger partial charge on any atom is 0.253 e. The fraction of sp³-hybridized carbons (Fsp3) is 0.562. The van der Waals surface area contributed by atoms with Crippen LogP contribution in [0.4, 0.5) is 0 Å². The zero-order valence-electron chi connectivity index (χ0n) is 13.5. The molecular weight excluding hydrogens is 284 g/mol. The van der Waals surface area contributed by atoms with Crippen molar-refractivity contribution in [1.82, 2.24) is 9.80 Å². The van der Waals surface area contributed by atoms with Gasteiger partial charge in [0, 0.05) is 38.8 Å². The first-order valence-corrected chi connectivity index (χ1v) is 7.43. The summed E-state index contributed by atoms with van der Waals surface area (Å²) in [6.45, 7) is 4.95. The van der Waals surface area contributed by atoms with Crippen LogP contribution < -0.4 is 9.47 Å². The number of amides is 1. The number of methoxy groups -OCH3 is 2. The Morgan fingerprint density at radius 3 is 2.55 bits per heavy atom. The molecule has 0 N–H and O–H groups in total. The van der Waals surface area contributed by atoms with Crippen molar-refractivity contribution in [2.45, 2.75) is 0 Å². The van der Waals surface area contributed by atoms with Gasteiger partial charge in [-0.2, -0.15) is 0 Å². The third-order valence-corrected chi connectivity index (χ3v) is 3.83. The molecule has 0 bridgehead atoms. The number of benzene rings is 1. The van der Waals surface area contributed by atoms with E-state index in [4.69, 9.17) is 14.2 Å². The summed E-state index contributed by atoms with van der Waals surface area (Å²) < 4.78 is 15.8. The molecule has 0 atom stereocenters. The van der Waals surface area contributed by atoms with Crippen molar-refractivity contribution in [3.05, 3.63) is 23.8 Å². The van der Waals surface area contributed by atoms with Crippen LogP contribution in [0.25, 0.3) is 0 Å². The van der Waals surface area contributed by atoms with Crippen LogP contribution in [0.1, 0.15) is 10.4 Å². The lowest BCUT2D eigenvalue weighted by molar-refractivity contribution is 0.0338. The Kier molecular flexibility index (Phi) is 6.03. The Hall–Kier alpha value is -1.79. The summed E-state index contributed by atoms with van der Waals surface area (Å²) in [7, 11) is 4.96. The third kappa shape index (κ3) is 4.11. The van der Waals surface area contributed by atoms with Crippen molar-refractivity contribution < 1.29 is 19.0 Å². The SMILES string of the molecule is COc1ccc(C(=O)N(C)CCN2CCOCC2)cc1OC. The summed E-state index contributed by atoms with van der Waals surface area (Å²) in [5.74, 6) is 1.17. The summed E-state index contributed by atoms with van der Waals surface area (Å²) >= 11 is 0. The van der Waals surface area contributed by atoms with Gasteiger partial charge in [0.2, 0.25) is 0 Å². The van der Waals surface area contributed by atoms with E-state index in [-0.39, 0.29) is 5.91 Å². The van der Waals surface area contributed by atoms with Crippen molar-refractivity contribution in [3.63, 3.8) is 0 Å². The molecule has 1 aromatic rings. The first-order valence-electron chi connectivity index (χ1n) is 7.43. The van der Waals surface area contributed by atoms with Crippen LogP contribution in [-0.4, -0.2) is 76.4 Å². The number of carbonyl (C=O) groups is 1. The maximum atomic E-state index is 12.5. The predicted molar refractivity (Wildman–Crippen MR) is 83.8 cm³/mol. The van der Waals surface area contributed by atoms with E-state index in [1.54, 1.807) is 37.3 Å². The summed E-state index contributed by atoms with van der Waals surface area (Å²) in [5.41, 5.74) is 0.599. The van der Waals surface area contributed by atoms with E-state index in [1.807, 2.05) is 7.05 Å². The molecule has 2 rings (SSSR count). The van der Waals surface area contributed by atoms with Crippen molar-refractivity contribution in [2.24, 2.45) is 0 Å². The van der Waals surface area contributed by atoms with Gasteiger partial charge in [0.15, 0.2) is 11.5 Å². The largest absolute Gasteiger partial charge is 0.493 e. The second-order valence-corrected chi connectivity index (χ2v) is 5.25. The number of likely N-dealkylation sites (N-methyl/N-ethyl adjacent to an activating group) is 1. The summed E-state index contributed by atoms with van der Waals surface area (Å²) in [6, 6.07) is 5.23. The molecule has 1 fully saturated rings. The molecule has 22 heavy (non-hydrogen) atoms. The van der Waals surface area contributed by atoms with Gasteiger partial charge in [-0.25, -0.2) is 0 Å². The normalized spacial score (nSPS) is 15.4. The molecule has 6 nitrogen and oxygen atoms in total. The molecule has 0 unspecified atom stereocenters. The Labute approximate surface area is 131 Å². The lowest BCUT2D eigenvalue weighted by atomic mass is 10.1. The van der Waals surface area contributed by atoms with Crippen molar-refractivity contribution in [1.29, 1.82) is 0 Å². The van der Waals surface area contributed by atoms with E-state index in [2.05, 4.69) is 4.90 Å². The first kappa shape index (κ1) is 16.6. The highest BCUT2D eigenvalue weighted by molar-refractivity contribution is 5.94. The summed E-state index contributed by atoms with van der Waals surface area (Å²) in [6.07, 6.45) is 0. The third-order valence-electron chi connectivity index (χ3n) is 3.83. The van der Waals surface area contributed by atoms with Gasteiger partial charge >= 0.3 is 0 Å². The molecule has 0 spiro atoms. The standard InChI is InChI=1S/C16H24N2O4/c1-17(6-7-18-8-10-22-11-9-18)16(19)13-4-5-14(20-2)15(12-13)21-3/h4-5,12H,6-11H2,1-3H3. The predicted octanol–water partition coefficient (Wildman–Crippen LogP) is 1.11. The molecule has 1 saturated heterocycles. The van der Waals surface area contributed by atoms with Gasteiger partial charge in [-0.3, -0.25) is 9.69 Å². The zero-order chi connectivity index (χ0) is 15.9. The van der Waals surface area contributed by atoms with Crippen molar-refractivity contribution in [2.75, 3.05) is 60.7 Å². The maximum absolute atomic E-state index is 12.5. The van der Waals surface area contributed by atoms with Gasteiger partial charge in [0.1, 0.15) is 0 Å². The Morgan fingerprint density at radius 1 is 1.23 bits per heavy atom. The van der Waals surface area contributed by atoms with E-state index in [9.17, 15) is 4.79 Å². The molecule has 1 aliphatic heterocycles. The number of ether oxygens (including phenoxy) is 3. The van der Waals surface area contributed by atoms with Gasteiger partial charge in [0.25, 0.3) is 5.91 Å². The second kappa shape index (κ2) is 8.00. The molecule has 1 aromatic carbocycles. The fourth-order valence-corrected chi connectivity index (χ4v) is 2.41. The fourth-order valence-electron chi connectivity index (χ4n) is 2.41. The van der Waals surface area contributed by atoms with Gasteiger partial charge in [-0.05, 0) is 18.2 Å². The summed E-state index contributed by atoms with van der Waals surface area (Å²) in [4.78, 5) is 16.5. The van der Waals surface area contributed by atoms with E-state index in [1.165, 1.54) is 0 Å². The molecule has 0 aromatic heterocycles. The topological polar surface area (TPSA) is 51.2 Å². The molecule has 0 aliphatic carbocycles. The summed E-state index contributed by atoms with van der Waals surface area (Å²) in [5, 5.41) is 0. The van der Waals surface area contributed by atoms with Crippen LogP contribution in [0.3, 0.4) is 0 Å². The lowest BCUT2D eigenvalue weighted by Crippen LogP contribution is -2.41. The number of hydrogen-bond donors (Lipinski definition) is 0. The Morgan fingerprint density at radius 2 is 1.91 bits per heavy atom. The monoisotopic (exact) mass is 308 g/mol. The van der Waals surface area contributed by atoms with Crippen molar-refractivity contribution in [3.8, 4) is 11.5 Å². The average molecular weight is 308 g/mol. The zero-order valence-corrected chi connectivity index (χ0v) is 13.5. The van der Waals surface area contributed by atoms with E-state index in [0.29, 0.717) is 23.6 Å². The Bertz CT molecular complexity index is 501. The van der Waals surface area contributed by atoms with Crippen LogP contribution >= 0.6 is 0 Å². The quantitative estimate of drug-likeness (QED) is 0.788. The van der Waals surface area contributed by atoms with Gasteiger partial charge < -0.3 is 19.1 Å². The van der Waals surface area contributed by atoms with Crippen LogP contribution in [0, 0.1) is 0 Å². The second-order valence-electron chi connectivity index (χ2n) is 5.25. The van der Waals surface area contributed by atoms with Crippen LogP contribution in [0.2, 0.25) is 0 Å². The van der Waals surface area contributed by atoms with E-state index in [0.717, 1.165) is 32.8 Å². The van der Waals surface area contributed by atoms with Gasteiger partial charge in [-0.15, -0.1) is 0 Å². The Balaban J connectivity index is 1.94. The number of rotatable bonds is 6. The molecule has 0 saturated carbocycles. The molecule has 1 heterocycles.